The molecule has 0 saturated heterocycles. The van der Waals surface area contributed by atoms with Crippen LogP contribution in [-0.4, -0.2) is 5.11 Å². The number of anilines is 2. The maximum Gasteiger partial charge on any atom is 0.150 e. The lowest BCUT2D eigenvalue weighted by molar-refractivity contribution is 0.484. The highest BCUT2D eigenvalue weighted by molar-refractivity contribution is 6.10. The summed E-state index contributed by atoms with van der Waals surface area (Å²) in [5, 5.41) is 15.5. The van der Waals surface area contributed by atoms with Crippen LogP contribution in [0.25, 0.3) is 21.9 Å². The lowest BCUT2D eigenvalue weighted by Gasteiger charge is -2.08. The van der Waals surface area contributed by atoms with Gasteiger partial charge in [0.15, 0.2) is 5.75 Å². The number of benzene rings is 3. The minimum absolute atomic E-state index is 0.210. The number of furan rings is 1. The summed E-state index contributed by atoms with van der Waals surface area (Å²) in [5.41, 5.74) is 3.06. The van der Waals surface area contributed by atoms with E-state index < -0.39 is 0 Å². The first-order chi connectivity index (χ1) is 10.3. The second kappa shape index (κ2) is 4.56. The van der Waals surface area contributed by atoms with Crippen LogP contribution in [0.4, 0.5) is 11.4 Å². The largest absolute Gasteiger partial charge is 0.505 e. The molecule has 1 aromatic heterocycles. The molecule has 0 bridgehead atoms. The minimum atomic E-state index is 0.210. The summed E-state index contributed by atoms with van der Waals surface area (Å²) in [6, 6.07) is 21.2. The van der Waals surface area contributed by atoms with Crippen molar-refractivity contribution in [2.45, 2.75) is 0 Å². The lowest BCUT2D eigenvalue weighted by Crippen LogP contribution is -1.90. The van der Waals surface area contributed by atoms with Crippen molar-refractivity contribution in [1.82, 2.24) is 0 Å². The SMILES string of the molecule is Oc1c(Nc2ccccc2)ccc2oc3ccccc3c12. The number of fused-ring (bicyclic) bond motifs is 3. The van der Waals surface area contributed by atoms with E-state index in [-0.39, 0.29) is 5.75 Å². The van der Waals surface area contributed by atoms with Crippen molar-refractivity contribution in [3.8, 4) is 5.75 Å². The van der Waals surface area contributed by atoms with Crippen molar-refractivity contribution in [3.63, 3.8) is 0 Å². The molecular weight excluding hydrogens is 262 g/mol. The van der Waals surface area contributed by atoms with Gasteiger partial charge < -0.3 is 14.8 Å². The van der Waals surface area contributed by atoms with Crippen molar-refractivity contribution in [2.75, 3.05) is 5.32 Å². The summed E-state index contributed by atoms with van der Waals surface area (Å²) < 4.78 is 5.75. The zero-order valence-electron chi connectivity index (χ0n) is 11.2. The third-order valence-electron chi connectivity index (χ3n) is 3.57. The Labute approximate surface area is 121 Å². The van der Waals surface area contributed by atoms with E-state index in [1.807, 2.05) is 66.7 Å². The quantitative estimate of drug-likeness (QED) is 0.504. The zero-order valence-corrected chi connectivity index (χ0v) is 11.2. The number of hydrogen-bond donors (Lipinski definition) is 2. The maximum atomic E-state index is 10.6. The Bertz CT molecular complexity index is 926. The van der Waals surface area contributed by atoms with E-state index in [1.165, 1.54) is 0 Å². The molecule has 0 radical (unpaired) electrons. The Morgan fingerprint density at radius 1 is 0.762 bits per heavy atom. The van der Waals surface area contributed by atoms with Gasteiger partial charge in [-0.15, -0.1) is 0 Å². The lowest BCUT2D eigenvalue weighted by atomic mass is 10.1. The van der Waals surface area contributed by atoms with Crippen LogP contribution in [0.2, 0.25) is 0 Å². The number of phenols is 1. The Morgan fingerprint density at radius 3 is 2.38 bits per heavy atom. The zero-order chi connectivity index (χ0) is 14.2. The van der Waals surface area contributed by atoms with Gasteiger partial charge in [0.05, 0.1) is 11.1 Å². The highest BCUT2D eigenvalue weighted by Crippen LogP contribution is 2.40. The Kier molecular flexibility index (Phi) is 2.57. The number of hydrogen-bond acceptors (Lipinski definition) is 3. The van der Waals surface area contributed by atoms with Crippen LogP contribution in [0.5, 0.6) is 5.75 Å². The first-order valence-electron chi connectivity index (χ1n) is 6.78. The van der Waals surface area contributed by atoms with Gasteiger partial charge in [-0.3, -0.25) is 0 Å². The number of rotatable bonds is 2. The van der Waals surface area contributed by atoms with Gasteiger partial charge in [0.2, 0.25) is 0 Å². The summed E-state index contributed by atoms with van der Waals surface area (Å²) in [6.45, 7) is 0. The summed E-state index contributed by atoms with van der Waals surface area (Å²) in [7, 11) is 0. The Hall–Kier alpha value is -2.94. The van der Waals surface area contributed by atoms with Gasteiger partial charge in [0, 0.05) is 11.1 Å². The second-order valence-corrected chi connectivity index (χ2v) is 4.92. The third kappa shape index (κ3) is 1.91. The molecule has 0 unspecified atom stereocenters. The molecule has 0 fully saturated rings. The van der Waals surface area contributed by atoms with Gasteiger partial charge in [0.25, 0.3) is 0 Å². The van der Waals surface area contributed by atoms with Crippen molar-refractivity contribution in [3.05, 3.63) is 66.7 Å². The normalized spacial score (nSPS) is 11.0. The third-order valence-corrected chi connectivity index (χ3v) is 3.57. The van der Waals surface area contributed by atoms with Gasteiger partial charge in [-0.25, -0.2) is 0 Å². The van der Waals surface area contributed by atoms with Gasteiger partial charge >= 0.3 is 0 Å². The highest BCUT2D eigenvalue weighted by atomic mass is 16.3. The number of para-hydroxylation sites is 2. The standard InChI is InChI=1S/C18H13NO2/c20-18-14(19-12-6-2-1-3-7-12)10-11-16-17(18)13-8-4-5-9-15(13)21-16/h1-11,19-20H. The van der Waals surface area contributed by atoms with Crippen molar-refractivity contribution in [2.24, 2.45) is 0 Å². The predicted octanol–water partition coefficient (Wildman–Crippen LogP) is 5.04. The van der Waals surface area contributed by atoms with E-state index in [2.05, 4.69) is 5.32 Å². The number of phenolic OH excluding ortho intramolecular Hbond substituents is 1. The van der Waals surface area contributed by atoms with E-state index in [4.69, 9.17) is 4.42 Å². The van der Waals surface area contributed by atoms with Crippen LogP contribution in [0.3, 0.4) is 0 Å². The first-order valence-corrected chi connectivity index (χ1v) is 6.78. The maximum absolute atomic E-state index is 10.6. The fraction of sp³-hybridized carbons (Fsp3) is 0. The molecule has 0 aliphatic heterocycles. The number of nitrogens with one attached hydrogen (secondary N) is 1. The van der Waals surface area contributed by atoms with E-state index >= 15 is 0 Å². The number of aromatic hydroxyl groups is 1. The molecule has 4 rings (SSSR count). The topological polar surface area (TPSA) is 45.4 Å². The van der Waals surface area contributed by atoms with E-state index in [1.54, 1.807) is 0 Å². The second-order valence-electron chi connectivity index (χ2n) is 4.92. The van der Waals surface area contributed by atoms with Crippen molar-refractivity contribution >= 4 is 33.3 Å². The van der Waals surface area contributed by atoms with Crippen LogP contribution >= 0.6 is 0 Å². The molecule has 4 aromatic rings. The predicted molar refractivity (Wildman–Crippen MR) is 85.1 cm³/mol. The smallest absolute Gasteiger partial charge is 0.150 e. The van der Waals surface area contributed by atoms with Gasteiger partial charge in [0.1, 0.15) is 11.2 Å². The molecule has 3 aromatic carbocycles. The molecule has 0 aliphatic carbocycles. The van der Waals surface area contributed by atoms with Crippen LogP contribution in [0.15, 0.2) is 71.1 Å². The molecule has 0 saturated carbocycles. The van der Waals surface area contributed by atoms with Gasteiger partial charge in [-0.05, 0) is 30.3 Å². The molecule has 3 heteroatoms. The fourth-order valence-electron chi connectivity index (χ4n) is 2.58. The molecule has 102 valence electrons. The fourth-order valence-corrected chi connectivity index (χ4v) is 2.58. The molecule has 0 atom stereocenters. The molecular formula is C18H13NO2. The molecule has 3 nitrogen and oxygen atoms in total. The first kappa shape index (κ1) is 11.9. The molecule has 0 amide bonds. The van der Waals surface area contributed by atoms with E-state index in [9.17, 15) is 5.11 Å². The van der Waals surface area contributed by atoms with Crippen LogP contribution < -0.4 is 5.32 Å². The highest BCUT2D eigenvalue weighted by Gasteiger charge is 2.13. The Morgan fingerprint density at radius 2 is 1.52 bits per heavy atom. The summed E-state index contributed by atoms with van der Waals surface area (Å²) in [5.74, 6) is 0.210. The molecule has 0 aliphatic rings. The molecule has 0 spiro atoms. The molecule has 2 N–H and O–H groups in total. The van der Waals surface area contributed by atoms with Crippen molar-refractivity contribution < 1.29 is 9.52 Å². The van der Waals surface area contributed by atoms with Gasteiger partial charge in [-0.1, -0.05) is 36.4 Å². The molecule has 1 heterocycles. The summed E-state index contributed by atoms with van der Waals surface area (Å²) in [6.07, 6.45) is 0. The summed E-state index contributed by atoms with van der Waals surface area (Å²) in [4.78, 5) is 0. The summed E-state index contributed by atoms with van der Waals surface area (Å²) >= 11 is 0. The van der Waals surface area contributed by atoms with Crippen LogP contribution in [0, 0.1) is 0 Å². The minimum Gasteiger partial charge on any atom is -0.505 e. The average Bonchev–Trinajstić information content (AvgIpc) is 2.90. The van der Waals surface area contributed by atoms with Crippen LogP contribution in [-0.2, 0) is 0 Å². The molecule has 21 heavy (non-hydrogen) atoms. The van der Waals surface area contributed by atoms with E-state index in [0.29, 0.717) is 11.3 Å². The van der Waals surface area contributed by atoms with Crippen LogP contribution in [0.1, 0.15) is 0 Å². The average molecular weight is 275 g/mol. The van der Waals surface area contributed by atoms with E-state index in [0.717, 1.165) is 22.0 Å². The van der Waals surface area contributed by atoms with Crippen molar-refractivity contribution in [1.29, 1.82) is 0 Å². The monoisotopic (exact) mass is 275 g/mol. The van der Waals surface area contributed by atoms with Gasteiger partial charge in [-0.2, -0.15) is 0 Å². The Balaban J connectivity index is 1.91.